The molecule has 0 bridgehead atoms. The number of amides is 1. The number of hydrogen-bond acceptors (Lipinski definition) is 3. The molecule has 0 saturated heterocycles. The van der Waals surface area contributed by atoms with Crippen LogP contribution in [0.3, 0.4) is 0 Å². The largest absolute Gasteiger partial charge is 0.355 e. The summed E-state index contributed by atoms with van der Waals surface area (Å²) in [6, 6.07) is 10.3. The molecule has 0 heterocycles. The molecule has 1 aromatic rings. The minimum Gasteiger partial charge on any atom is -0.355 e. The molecule has 1 amide bonds. The van der Waals surface area contributed by atoms with Crippen LogP contribution in [-0.4, -0.2) is 43.8 Å². The first-order valence-electron chi connectivity index (χ1n) is 7.58. The topological polar surface area (TPSA) is 65.5 Å². The molecule has 0 aliphatic carbocycles. The Bertz CT molecular complexity index is 464. The molecule has 1 unspecified atom stereocenters. The van der Waals surface area contributed by atoms with E-state index in [0.717, 1.165) is 13.0 Å². The molecule has 22 heavy (non-hydrogen) atoms. The van der Waals surface area contributed by atoms with Gasteiger partial charge in [-0.25, -0.2) is 0 Å². The average Bonchev–Trinajstić information content (AvgIpc) is 2.54. The van der Waals surface area contributed by atoms with Gasteiger partial charge < -0.3 is 16.0 Å². The smallest absolute Gasteiger partial charge is 0.239 e. The molecule has 122 valence electrons. The van der Waals surface area contributed by atoms with Crippen molar-refractivity contribution in [2.75, 3.05) is 26.7 Å². The van der Waals surface area contributed by atoms with Crippen LogP contribution in [0.5, 0.6) is 0 Å². The summed E-state index contributed by atoms with van der Waals surface area (Å²) >= 11 is 1.81. The van der Waals surface area contributed by atoms with E-state index in [-0.39, 0.29) is 12.5 Å². The quantitative estimate of drug-likeness (QED) is 0.388. The highest BCUT2D eigenvalue weighted by Crippen LogP contribution is 2.21. The van der Waals surface area contributed by atoms with Crippen LogP contribution in [0.2, 0.25) is 0 Å². The number of nitrogens with one attached hydrogen (secondary N) is 3. The van der Waals surface area contributed by atoms with Gasteiger partial charge in [0.15, 0.2) is 5.96 Å². The molecule has 3 N–H and O–H groups in total. The minimum absolute atomic E-state index is 0.0171. The predicted molar refractivity (Wildman–Crippen MR) is 94.4 cm³/mol. The highest BCUT2D eigenvalue weighted by atomic mass is 32.2. The Morgan fingerprint density at radius 1 is 1.23 bits per heavy atom. The summed E-state index contributed by atoms with van der Waals surface area (Å²) < 4.78 is 0. The number of hydrogen-bond donors (Lipinski definition) is 3. The molecule has 5 nitrogen and oxygen atoms in total. The van der Waals surface area contributed by atoms with E-state index in [1.165, 1.54) is 4.90 Å². The lowest BCUT2D eigenvalue weighted by atomic mass is 10.4. The van der Waals surface area contributed by atoms with Crippen molar-refractivity contribution in [2.24, 2.45) is 4.99 Å². The van der Waals surface area contributed by atoms with Crippen molar-refractivity contribution >= 4 is 23.6 Å². The van der Waals surface area contributed by atoms with E-state index in [9.17, 15) is 4.79 Å². The number of carbonyl (C=O) groups excluding carboxylic acids is 1. The fourth-order valence-electron chi connectivity index (χ4n) is 1.72. The first-order valence-corrected chi connectivity index (χ1v) is 8.46. The van der Waals surface area contributed by atoms with Crippen molar-refractivity contribution < 1.29 is 4.79 Å². The molecular formula is C16H26N4OS. The van der Waals surface area contributed by atoms with Crippen molar-refractivity contribution in [1.82, 2.24) is 16.0 Å². The summed E-state index contributed by atoms with van der Waals surface area (Å²) in [5.41, 5.74) is 0. The van der Waals surface area contributed by atoms with Gasteiger partial charge in [-0.1, -0.05) is 32.0 Å². The second kappa shape index (κ2) is 11.0. The number of aliphatic imine (C=N–C) groups is 1. The van der Waals surface area contributed by atoms with E-state index < -0.39 is 0 Å². The number of thioether (sulfide) groups is 1. The van der Waals surface area contributed by atoms with Crippen LogP contribution in [0, 0.1) is 0 Å². The van der Waals surface area contributed by atoms with Gasteiger partial charge in [0.2, 0.25) is 5.91 Å². The second-order valence-corrected chi connectivity index (χ2v) is 6.41. The molecular weight excluding hydrogens is 296 g/mol. The fraction of sp³-hybridized carbons (Fsp3) is 0.500. The molecule has 0 aliphatic heterocycles. The first kappa shape index (κ1) is 18.4. The number of rotatable bonds is 8. The van der Waals surface area contributed by atoms with Crippen LogP contribution in [-0.2, 0) is 4.79 Å². The monoisotopic (exact) mass is 322 g/mol. The Hall–Kier alpha value is -1.69. The van der Waals surface area contributed by atoms with Gasteiger partial charge in [0.25, 0.3) is 0 Å². The highest BCUT2D eigenvalue weighted by Gasteiger charge is 2.07. The molecule has 1 aromatic carbocycles. The van der Waals surface area contributed by atoms with Crippen molar-refractivity contribution in [1.29, 1.82) is 0 Å². The number of carbonyl (C=O) groups is 1. The second-order valence-electron chi connectivity index (χ2n) is 4.90. The third-order valence-electron chi connectivity index (χ3n) is 2.85. The van der Waals surface area contributed by atoms with Gasteiger partial charge >= 0.3 is 0 Å². The lowest BCUT2D eigenvalue weighted by Gasteiger charge is -2.15. The third kappa shape index (κ3) is 7.93. The van der Waals surface area contributed by atoms with E-state index in [1.807, 2.05) is 25.1 Å². The lowest BCUT2D eigenvalue weighted by Crippen LogP contribution is -2.44. The Kier molecular flexibility index (Phi) is 9.14. The predicted octanol–water partition coefficient (Wildman–Crippen LogP) is 1.86. The van der Waals surface area contributed by atoms with Crippen LogP contribution in [0.4, 0.5) is 0 Å². The zero-order valence-electron chi connectivity index (χ0n) is 13.6. The van der Waals surface area contributed by atoms with Crippen LogP contribution in [0.25, 0.3) is 0 Å². The van der Waals surface area contributed by atoms with Crippen LogP contribution < -0.4 is 16.0 Å². The molecule has 0 fully saturated rings. The molecule has 1 atom stereocenters. The SMILES string of the molecule is CCCNC(=O)CNC(=NC)NCC(C)Sc1ccccc1. The maximum absolute atomic E-state index is 11.5. The van der Waals surface area contributed by atoms with E-state index >= 15 is 0 Å². The van der Waals surface area contributed by atoms with Crippen LogP contribution >= 0.6 is 11.8 Å². The van der Waals surface area contributed by atoms with Gasteiger partial charge in [-0.2, -0.15) is 0 Å². The maximum Gasteiger partial charge on any atom is 0.239 e. The Morgan fingerprint density at radius 3 is 2.59 bits per heavy atom. The highest BCUT2D eigenvalue weighted by molar-refractivity contribution is 8.00. The average molecular weight is 322 g/mol. The molecule has 0 spiro atoms. The first-order chi connectivity index (χ1) is 10.7. The van der Waals surface area contributed by atoms with Gasteiger partial charge in [-0.3, -0.25) is 9.79 Å². The fourth-order valence-corrected chi connectivity index (χ4v) is 2.67. The van der Waals surface area contributed by atoms with E-state index in [4.69, 9.17) is 0 Å². The van der Waals surface area contributed by atoms with Crippen LogP contribution in [0.15, 0.2) is 40.2 Å². The van der Waals surface area contributed by atoms with Crippen LogP contribution in [0.1, 0.15) is 20.3 Å². The summed E-state index contributed by atoms with van der Waals surface area (Å²) in [7, 11) is 1.70. The van der Waals surface area contributed by atoms with E-state index in [1.54, 1.807) is 18.8 Å². The summed E-state index contributed by atoms with van der Waals surface area (Å²) in [5.74, 6) is 0.628. The summed E-state index contributed by atoms with van der Waals surface area (Å²) in [6.07, 6.45) is 0.937. The van der Waals surface area contributed by atoms with Gasteiger partial charge in [0.05, 0.1) is 6.54 Å². The Labute approximate surface area is 137 Å². The standard InChI is InChI=1S/C16H26N4OS/c1-4-10-18-15(21)12-20-16(17-3)19-11-13(2)22-14-8-6-5-7-9-14/h5-9,13H,4,10-12H2,1-3H3,(H,18,21)(H2,17,19,20). The van der Waals surface area contributed by atoms with Crippen molar-refractivity contribution in [3.05, 3.63) is 30.3 Å². The summed E-state index contributed by atoms with van der Waals surface area (Å²) in [5, 5.41) is 9.47. The maximum atomic E-state index is 11.5. The molecule has 0 radical (unpaired) electrons. The molecule has 0 saturated carbocycles. The Morgan fingerprint density at radius 2 is 1.95 bits per heavy atom. The number of guanidine groups is 1. The summed E-state index contributed by atoms with van der Waals surface area (Å²) in [6.45, 7) is 5.90. The van der Waals surface area contributed by atoms with Gasteiger partial charge in [0.1, 0.15) is 0 Å². The van der Waals surface area contributed by atoms with Gasteiger partial charge in [0, 0.05) is 30.3 Å². The van der Waals surface area contributed by atoms with Crippen molar-refractivity contribution in [3.8, 4) is 0 Å². The Balaban J connectivity index is 2.27. The van der Waals surface area contributed by atoms with Gasteiger partial charge in [-0.05, 0) is 18.6 Å². The van der Waals surface area contributed by atoms with E-state index in [2.05, 4.69) is 40.0 Å². The van der Waals surface area contributed by atoms with Gasteiger partial charge in [-0.15, -0.1) is 11.8 Å². The zero-order valence-corrected chi connectivity index (χ0v) is 14.4. The van der Waals surface area contributed by atoms with E-state index in [0.29, 0.717) is 17.8 Å². The minimum atomic E-state index is -0.0171. The third-order valence-corrected chi connectivity index (χ3v) is 3.96. The molecule has 0 aliphatic rings. The molecule has 1 rings (SSSR count). The zero-order chi connectivity index (χ0) is 16.2. The van der Waals surface area contributed by atoms with Crippen molar-refractivity contribution in [3.63, 3.8) is 0 Å². The molecule has 0 aromatic heterocycles. The number of nitrogens with zero attached hydrogens (tertiary/aromatic N) is 1. The summed E-state index contributed by atoms with van der Waals surface area (Å²) in [4.78, 5) is 16.9. The molecule has 6 heteroatoms. The number of benzene rings is 1. The lowest BCUT2D eigenvalue weighted by molar-refractivity contribution is -0.120. The van der Waals surface area contributed by atoms with Crippen molar-refractivity contribution in [2.45, 2.75) is 30.4 Å². The normalized spacial score (nSPS) is 12.6.